The zero-order valence-corrected chi connectivity index (χ0v) is 12.9. The lowest BCUT2D eigenvalue weighted by atomic mass is 10.0. The van der Waals surface area contributed by atoms with Crippen LogP contribution in [0.5, 0.6) is 0 Å². The highest BCUT2D eigenvalue weighted by Gasteiger charge is 2.30. The number of nitrogens with two attached hydrogens (primary N) is 1. The Bertz CT molecular complexity index is 624. The highest BCUT2D eigenvalue weighted by molar-refractivity contribution is 6.37. The third-order valence-corrected chi connectivity index (χ3v) is 3.88. The Morgan fingerprint density at radius 3 is 2.70 bits per heavy atom. The van der Waals surface area contributed by atoms with E-state index >= 15 is 0 Å². The number of halogens is 2. The third kappa shape index (κ3) is 2.61. The standard InChI is InChI=1S/C13H15Cl2N3O2/c1-4-13(2,19-3)12-17-11(20-18-12)8-5-7(14)6-9(15)10(8)16/h5-6H,4,16H2,1-3H3. The van der Waals surface area contributed by atoms with Crippen molar-refractivity contribution in [3.05, 3.63) is 28.0 Å². The molecule has 0 amide bonds. The number of ether oxygens (including phenoxy) is 1. The predicted molar refractivity (Wildman–Crippen MR) is 78.8 cm³/mol. The number of hydrogen-bond acceptors (Lipinski definition) is 5. The van der Waals surface area contributed by atoms with Crippen LogP contribution in [0.4, 0.5) is 5.69 Å². The summed E-state index contributed by atoms with van der Waals surface area (Å²) in [6, 6.07) is 3.20. The Hall–Kier alpha value is -1.30. The van der Waals surface area contributed by atoms with Gasteiger partial charge in [-0.1, -0.05) is 35.3 Å². The summed E-state index contributed by atoms with van der Waals surface area (Å²) in [7, 11) is 1.60. The number of nitrogens with zero attached hydrogens (tertiary/aromatic N) is 2. The van der Waals surface area contributed by atoms with Crippen LogP contribution < -0.4 is 5.73 Å². The Balaban J connectivity index is 2.49. The van der Waals surface area contributed by atoms with Crippen molar-refractivity contribution in [2.75, 3.05) is 12.8 Å². The molecular weight excluding hydrogens is 301 g/mol. The summed E-state index contributed by atoms with van der Waals surface area (Å²) in [5.74, 6) is 0.714. The molecule has 108 valence electrons. The lowest BCUT2D eigenvalue weighted by Gasteiger charge is -2.21. The molecular formula is C13H15Cl2N3O2. The average Bonchev–Trinajstić information content (AvgIpc) is 2.92. The molecule has 2 rings (SSSR count). The fourth-order valence-corrected chi connectivity index (χ4v) is 2.20. The van der Waals surface area contributed by atoms with Gasteiger partial charge < -0.3 is 15.0 Å². The summed E-state index contributed by atoms with van der Waals surface area (Å²) < 4.78 is 10.7. The summed E-state index contributed by atoms with van der Waals surface area (Å²) in [5, 5.41) is 4.75. The van der Waals surface area contributed by atoms with Gasteiger partial charge in [-0.05, 0) is 25.5 Å². The van der Waals surface area contributed by atoms with Crippen LogP contribution >= 0.6 is 23.2 Å². The molecule has 1 heterocycles. The van der Waals surface area contributed by atoms with Crippen molar-refractivity contribution in [3.63, 3.8) is 0 Å². The van der Waals surface area contributed by atoms with E-state index in [2.05, 4.69) is 10.1 Å². The summed E-state index contributed by atoms with van der Waals surface area (Å²) in [6.07, 6.45) is 0.703. The van der Waals surface area contributed by atoms with Crippen LogP contribution in [0.3, 0.4) is 0 Å². The monoisotopic (exact) mass is 315 g/mol. The van der Waals surface area contributed by atoms with Crippen LogP contribution in [0.15, 0.2) is 16.7 Å². The maximum atomic E-state index is 6.00. The molecule has 1 unspecified atom stereocenters. The first-order valence-corrected chi connectivity index (χ1v) is 6.81. The Morgan fingerprint density at radius 1 is 1.40 bits per heavy atom. The number of anilines is 1. The quantitative estimate of drug-likeness (QED) is 0.866. The molecule has 0 aliphatic heterocycles. The lowest BCUT2D eigenvalue weighted by molar-refractivity contribution is -0.0106. The largest absolute Gasteiger partial charge is 0.397 e. The van der Waals surface area contributed by atoms with Crippen LogP contribution in [0.25, 0.3) is 11.5 Å². The van der Waals surface area contributed by atoms with Gasteiger partial charge in [0.2, 0.25) is 5.82 Å². The van der Waals surface area contributed by atoms with Gasteiger partial charge in [0.05, 0.1) is 16.3 Å². The van der Waals surface area contributed by atoms with Crippen molar-refractivity contribution in [1.82, 2.24) is 10.1 Å². The number of hydrogen-bond donors (Lipinski definition) is 1. The smallest absolute Gasteiger partial charge is 0.260 e. The van der Waals surface area contributed by atoms with Gasteiger partial charge in [-0.25, -0.2) is 0 Å². The van der Waals surface area contributed by atoms with Gasteiger partial charge in [-0.3, -0.25) is 0 Å². The summed E-state index contributed by atoms with van der Waals surface area (Å²) in [5.41, 5.74) is 6.16. The third-order valence-electron chi connectivity index (χ3n) is 3.35. The first-order chi connectivity index (χ1) is 9.41. The maximum Gasteiger partial charge on any atom is 0.260 e. The first-order valence-electron chi connectivity index (χ1n) is 6.05. The van der Waals surface area contributed by atoms with Crippen molar-refractivity contribution in [2.24, 2.45) is 0 Å². The van der Waals surface area contributed by atoms with E-state index in [1.54, 1.807) is 19.2 Å². The second-order valence-electron chi connectivity index (χ2n) is 4.56. The van der Waals surface area contributed by atoms with Crippen molar-refractivity contribution < 1.29 is 9.26 Å². The molecule has 0 aliphatic carbocycles. The second kappa shape index (κ2) is 5.60. The van der Waals surface area contributed by atoms with E-state index in [9.17, 15) is 0 Å². The van der Waals surface area contributed by atoms with E-state index in [0.717, 1.165) is 0 Å². The van der Waals surface area contributed by atoms with Gasteiger partial charge in [-0.2, -0.15) is 4.98 Å². The molecule has 1 aromatic carbocycles. The predicted octanol–water partition coefficient (Wildman–Crippen LogP) is 3.90. The normalized spacial score (nSPS) is 14.2. The zero-order valence-electron chi connectivity index (χ0n) is 11.4. The molecule has 2 N–H and O–H groups in total. The highest BCUT2D eigenvalue weighted by atomic mass is 35.5. The molecule has 0 fully saturated rings. The minimum Gasteiger partial charge on any atom is -0.397 e. The van der Waals surface area contributed by atoms with Gasteiger partial charge in [0.25, 0.3) is 5.89 Å². The number of benzene rings is 1. The molecule has 0 saturated heterocycles. The maximum absolute atomic E-state index is 6.00. The van der Waals surface area contributed by atoms with E-state index in [1.165, 1.54) is 0 Å². The van der Waals surface area contributed by atoms with Crippen LogP contribution in [-0.4, -0.2) is 17.3 Å². The van der Waals surface area contributed by atoms with Crippen LogP contribution in [0.2, 0.25) is 10.0 Å². The Kier molecular flexibility index (Phi) is 4.22. The molecule has 0 saturated carbocycles. The van der Waals surface area contributed by atoms with E-state index in [4.69, 9.17) is 38.2 Å². The molecule has 20 heavy (non-hydrogen) atoms. The first kappa shape index (κ1) is 15.1. The minimum atomic E-state index is -0.612. The molecule has 0 aliphatic rings. The Morgan fingerprint density at radius 2 is 2.10 bits per heavy atom. The summed E-state index contributed by atoms with van der Waals surface area (Å²) in [6.45, 7) is 3.86. The Labute approximate surface area is 127 Å². The van der Waals surface area contributed by atoms with Crippen molar-refractivity contribution in [1.29, 1.82) is 0 Å². The fourth-order valence-electron chi connectivity index (χ4n) is 1.70. The minimum absolute atomic E-state index is 0.263. The van der Waals surface area contributed by atoms with Gasteiger partial charge in [-0.15, -0.1) is 0 Å². The molecule has 7 heteroatoms. The van der Waals surface area contributed by atoms with Gasteiger partial charge in [0, 0.05) is 12.1 Å². The van der Waals surface area contributed by atoms with Crippen LogP contribution in [0.1, 0.15) is 26.1 Å². The molecule has 2 aromatic rings. The van der Waals surface area contributed by atoms with Crippen LogP contribution in [0, 0.1) is 0 Å². The molecule has 1 aromatic heterocycles. The number of rotatable bonds is 4. The van der Waals surface area contributed by atoms with Gasteiger partial charge in [0.1, 0.15) is 5.60 Å². The van der Waals surface area contributed by atoms with Crippen molar-refractivity contribution in [3.8, 4) is 11.5 Å². The zero-order chi connectivity index (χ0) is 14.9. The van der Waals surface area contributed by atoms with E-state index in [0.29, 0.717) is 33.5 Å². The summed E-state index contributed by atoms with van der Waals surface area (Å²) in [4.78, 5) is 4.34. The number of aromatic nitrogens is 2. The molecule has 0 spiro atoms. The fraction of sp³-hybridized carbons (Fsp3) is 0.385. The van der Waals surface area contributed by atoms with Crippen LogP contribution in [-0.2, 0) is 10.3 Å². The highest BCUT2D eigenvalue weighted by Crippen LogP contribution is 2.35. The lowest BCUT2D eigenvalue weighted by Crippen LogP contribution is -2.24. The van der Waals surface area contributed by atoms with Gasteiger partial charge >= 0.3 is 0 Å². The molecule has 5 nitrogen and oxygen atoms in total. The molecule has 0 bridgehead atoms. The van der Waals surface area contributed by atoms with Gasteiger partial charge in [0.15, 0.2) is 0 Å². The average molecular weight is 316 g/mol. The molecule has 1 atom stereocenters. The number of nitrogen functional groups attached to an aromatic ring is 1. The van der Waals surface area contributed by atoms with Crippen molar-refractivity contribution >= 4 is 28.9 Å². The van der Waals surface area contributed by atoms with Crippen molar-refractivity contribution in [2.45, 2.75) is 25.9 Å². The topological polar surface area (TPSA) is 74.2 Å². The van der Waals surface area contributed by atoms with E-state index in [-0.39, 0.29) is 5.89 Å². The second-order valence-corrected chi connectivity index (χ2v) is 5.40. The SMILES string of the molecule is CCC(C)(OC)c1noc(-c2cc(Cl)cc(Cl)c2N)n1. The summed E-state index contributed by atoms with van der Waals surface area (Å²) >= 11 is 12.0. The molecule has 0 radical (unpaired) electrons. The van der Waals surface area contributed by atoms with E-state index < -0.39 is 5.60 Å². The number of methoxy groups -OCH3 is 1. The van der Waals surface area contributed by atoms with E-state index in [1.807, 2.05) is 13.8 Å².